The van der Waals surface area contributed by atoms with E-state index in [0.717, 1.165) is 12.8 Å². The maximum absolute atomic E-state index is 9.67. The summed E-state index contributed by atoms with van der Waals surface area (Å²) in [6.07, 6.45) is 2.28. The van der Waals surface area contributed by atoms with E-state index in [1.54, 1.807) is 11.3 Å². The molecule has 0 bridgehead atoms. The van der Waals surface area contributed by atoms with Gasteiger partial charge in [0.2, 0.25) is 0 Å². The fraction of sp³-hybridized carbons (Fsp3) is 0.667. The van der Waals surface area contributed by atoms with Gasteiger partial charge in [0, 0.05) is 17.5 Å². The molecule has 2 N–H and O–H groups in total. The molecule has 1 aromatic heterocycles. The van der Waals surface area contributed by atoms with Gasteiger partial charge in [-0.25, -0.2) is 0 Å². The van der Waals surface area contributed by atoms with Crippen molar-refractivity contribution in [2.24, 2.45) is 0 Å². The molecule has 0 aromatic carbocycles. The average Bonchev–Trinajstić information content (AvgIpc) is 2.63. The van der Waals surface area contributed by atoms with E-state index in [2.05, 4.69) is 29.8 Å². The fourth-order valence-corrected chi connectivity index (χ4v) is 2.33. The van der Waals surface area contributed by atoms with E-state index in [4.69, 9.17) is 0 Å². The van der Waals surface area contributed by atoms with Crippen molar-refractivity contribution in [3.63, 3.8) is 0 Å². The van der Waals surface area contributed by atoms with Crippen LogP contribution in [0.15, 0.2) is 17.5 Å². The predicted molar refractivity (Wildman–Crippen MR) is 66.3 cm³/mol. The molecule has 0 spiro atoms. The lowest BCUT2D eigenvalue weighted by Crippen LogP contribution is -2.36. The summed E-state index contributed by atoms with van der Waals surface area (Å²) in [6.45, 7) is 6.48. The second-order valence-electron chi connectivity index (χ2n) is 4.55. The Morgan fingerprint density at radius 1 is 1.53 bits per heavy atom. The summed E-state index contributed by atoms with van der Waals surface area (Å²) < 4.78 is 0. The highest BCUT2D eigenvalue weighted by Gasteiger charge is 2.17. The van der Waals surface area contributed by atoms with Crippen LogP contribution >= 0.6 is 11.3 Å². The minimum atomic E-state index is -0.636. The van der Waals surface area contributed by atoms with Crippen molar-refractivity contribution in [2.45, 2.75) is 45.3 Å². The lowest BCUT2D eigenvalue weighted by Gasteiger charge is -2.23. The van der Waals surface area contributed by atoms with Gasteiger partial charge < -0.3 is 10.4 Å². The first-order valence-corrected chi connectivity index (χ1v) is 6.40. The van der Waals surface area contributed by atoms with Crippen LogP contribution in [-0.2, 0) is 0 Å². The van der Waals surface area contributed by atoms with Crippen LogP contribution in [0.25, 0.3) is 0 Å². The van der Waals surface area contributed by atoms with Crippen LogP contribution in [0.1, 0.15) is 44.5 Å². The third kappa shape index (κ3) is 4.78. The maximum Gasteiger partial charge on any atom is 0.0715 e. The van der Waals surface area contributed by atoms with E-state index in [9.17, 15) is 5.11 Å². The van der Waals surface area contributed by atoms with E-state index in [1.807, 2.05) is 13.8 Å². The quantitative estimate of drug-likeness (QED) is 0.783. The summed E-state index contributed by atoms with van der Waals surface area (Å²) in [5.74, 6) is 0. The Morgan fingerprint density at radius 2 is 2.27 bits per heavy atom. The largest absolute Gasteiger partial charge is 0.389 e. The highest BCUT2D eigenvalue weighted by atomic mass is 32.1. The molecule has 2 nitrogen and oxygen atoms in total. The molecule has 86 valence electrons. The van der Waals surface area contributed by atoms with Crippen LogP contribution in [0, 0.1) is 0 Å². The van der Waals surface area contributed by atoms with Gasteiger partial charge in [0.1, 0.15) is 0 Å². The normalized spacial score (nSPS) is 14.1. The first-order valence-electron chi connectivity index (χ1n) is 5.52. The molecule has 1 atom stereocenters. The van der Waals surface area contributed by atoms with Crippen LogP contribution in [0.3, 0.4) is 0 Å². The number of hydrogen-bond acceptors (Lipinski definition) is 3. The monoisotopic (exact) mass is 227 g/mol. The van der Waals surface area contributed by atoms with Gasteiger partial charge in [-0.3, -0.25) is 0 Å². The Morgan fingerprint density at radius 3 is 2.73 bits per heavy atom. The molecule has 0 saturated heterocycles. The SMILES string of the molecule is CCCC(NCC(C)(C)O)c1cccs1. The molecule has 0 radical (unpaired) electrons. The second kappa shape index (κ2) is 5.64. The van der Waals surface area contributed by atoms with Gasteiger partial charge in [-0.15, -0.1) is 11.3 Å². The van der Waals surface area contributed by atoms with E-state index in [0.29, 0.717) is 12.6 Å². The molecular weight excluding hydrogens is 206 g/mol. The van der Waals surface area contributed by atoms with Crippen molar-refractivity contribution < 1.29 is 5.11 Å². The summed E-state index contributed by atoms with van der Waals surface area (Å²) in [5.41, 5.74) is -0.636. The molecule has 1 unspecified atom stereocenters. The molecule has 0 aliphatic heterocycles. The minimum Gasteiger partial charge on any atom is -0.389 e. The van der Waals surface area contributed by atoms with Gasteiger partial charge in [-0.1, -0.05) is 19.4 Å². The first-order chi connectivity index (χ1) is 7.03. The van der Waals surface area contributed by atoms with Gasteiger partial charge in [0.15, 0.2) is 0 Å². The number of nitrogens with one attached hydrogen (secondary N) is 1. The minimum absolute atomic E-state index is 0.390. The average molecular weight is 227 g/mol. The van der Waals surface area contributed by atoms with E-state index in [-0.39, 0.29) is 0 Å². The molecule has 15 heavy (non-hydrogen) atoms. The van der Waals surface area contributed by atoms with Gasteiger partial charge in [0.25, 0.3) is 0 Å². The van der Waals surface area contributed by atoms with E-state index < -0.39 is 5.60 Å². The van der Waals surface area contributed by atoms with Crippen molar-refractivity contribution in [3.05, 3.63) is 22.4 Å². The zero-order valence-electron chi connectivity index (χ0n) is 9.79. The molecule has 0 aliphatic carbocycles. The molecular formula is C12H21NOS. The van der Waals surface area contributed by atoms with Crippen molar-refractivity contribution in [1.82, 2.24) is 5.32 Å². The molecule has 1 aromatic rings. The summed E-state index contributed by atoms with van der Waals surface area (Å²) in [7, 11) is 0. The van der Waals surface area contributed by atoms with Crippen LogP contribution < -0.4 is 5.32 Å². The van der Waals surface area contributed by atoms with Gasteiger partial charge in [0.05, 0.1) is 5.60 Å². The number of rotatable bonds is 6. The standard InChI is InChI=1S/C12H21NOS/c1-4-6-10(11-7-5-8-15-11)13-9-12(2,3)14/h5,7-8,10,13-14H,4,6,9H2,1-3H3. The molecule has 1 heterocycles. The zero-order chi connectivity index (χ0) is 11.3. The van der Waals surface area contributed by atoms with Gasteiger partial charge >= 0.3 is 0 Å². The summed E-state index contributed by atoms with van der Waals surface area (Å²) in [6, 6.07) is 4.62. The summed E-state index contributed by atoms with van der Waals surface area (Å²) in [5, 5.41) is 15.2. The fourth-order valence-electron chi connectivity index (χ4n) is 1.50. The van der Waals surface area contributed by atoms with Crippen LogP contribution in [0.2, 0.25) is 0 Å². The van der Waals surface area contributed by atoms with Crippen molar-refractivity contribution >= 4 is 11.3 Å². The van der Waals surface area contributed by atoms with E-state index >= 15 is 0 Å². The maximum atomic E-state index is 9.67. The molecule has 1 rings (SSSR count). The Balaban J connectivity index is 2.52. The third-order valence-electron chi connectivity index (χ3n) is 2.25. The predicted octanol–water partition coefficient (Wildman–Crippen LogP) is 2.95. The lowest BCUT2D eigenvalue weighted by molar-refractivity contribution is 0.0761. The molecule has 3 heteroatoms. The Hall–Kier alpha value is -0.380. The highest BCUT2D eigenvalue weighted by molar-refractivity contribution is 7.10. The molecule has 0 fully saturated rings. The van der Waals surface area contributed by atoms with Gasteiger partial charge in [-0.2, -0.15) is 0 Å². The third-order valence-corrected chi connectivity index (χ3v) is 3.23. The van der Waals surface area contributed by atoms with Gasteiger partial charge in [-0.05, 0) is 31.7 Å². The summed E-state index contributed by atoms with van der Waals surface area (Å²) >= 11 is 1.78. The van der Waals surface area contributed by atoms with Crippen molar-refractivity contribution in [2.75, 3.05) is 6.54 Å². The topological polar surface area (TPSA) is 32.3 Å². The Labute approximate surface area is 96.3 Å². The zero-order valence-corrected chi connectivity index (χ0v) is 10.6. The van der Waals surface area contributed by atoms with Crippen molar-refractivity contribution in [3.8, 4) is 0 Å². The molecule has 0 aliphatic rings. The lowest BCUT2D eigenvalue weighted by atomic mass is 10.1. The smallest absolute Gasteiger partial charge is 0.0715 e. The van der Waals surface area contributed by atoms with Crippen molar-refractivity contribution in [1.29, 1.82) is 0 Å². The Bertz CT molecular complexity index is 264. The van der Waals surface area contributed by atoms with Crippen LogP contribution in [0.4, 0.5) is 0 Å². The number of hydrogen-bond donors (Lipinski definition) is 2. The van der Waals surface area contributed by atoms with Crippen LogP contribution in [-0.4, -0.2) is 17.3 Å². The Kier molecular flexibility index (Phi) is 4.77. The first kappa shape index (κ1) is 12.7. The summed E-state index contributed by atoms with van der Waals surface area (Å²) in [4.78, 5) is 1.36. The van der Waals surface area contributed by atoms with Crippen LogP contribution in [0.5, 0.6) is 0 Å². The highest BCUT2D eigenvalue weighted by Crippen LogP contribution is 2.23. The van der Waals surface area contributed by atoms with E-state index in [1.165, 1.54) is 4.88 Å². The molecule has 0 saturated carbocycles. The molecule has 0 amide bonds. The second-order valence-corrected chi connectivity index (χ2v) is 5.53. The number of aliphatic hydroxyl groups is 1. The number of thiophene rings is 1.